The highest BCUT2D eigenvalue weighted by Crippen LogP contribution is 2.21. The second-order valence-electron chi connectivity index (χ2n) is 8.91. The topological polar surface area (TPSA) is 131 Å². The Morgan fingerprint density at radius 3 is 2.44 bits per heavy atom. The number of hydrogen-bond donors (Lipinski definition) is 3. The Bertz CT molecular complexity index is 1160. The number of benzene rings is 2. The Kier molecular flexibility index (Phi) is 8.27. The fraction of sp³-hybridized carbons (Fsp3) is 0.458. The van der Waals surface area contributed by atoms with Crippen molar-refractivity contribution in [2.24, 2.45) is 11.8 Å². The number of sulfonamides is 1. The van der Waals surface area contributed by atoms with Crippen molar-refractivity contribution in [2.45, 2.75) is 50.1 Å². The summed E-state index contributed by atoms with van der Waals surface area (Å²) in [5.74, 6) is -1.95. The number of carbonyl (C=O) groups is 3. The Morgan fingerprint density at radius 1 is 1.12 bits per heavy atom. The fourth-order valence-electron chi connectivity index (χ4n) is 4.05. The van der Waals surface area contributed by atoms with Gasteiger partial charge in [0.05, 0.1) is 12.0 Å². The lowest BCUT2D eigenvalue weighted by molar-refractivity contribution is -0.146. The number of ether oxygens (including phenoxy) is 1. The molecule has 2 aromatic rings. The van der Waals surface area contributed by atoms with Gasteiger partial charge >= 0.3 is 5.97 Å². The average molecular weight is 490 g/mol. The third kappa shape index (κ3) is 6.32. The van der Waals surface area contributed by atoms with Gasteiger partial charge in [-0.05, 0) is 48.1 Å². The van der Waals surface area contributed by atoms with Crippen molar-refractivity contribution in [2.75, 3.05) is 13.7 Å². The number of fused-ring (bicyclic) bond motifs is 1. The molecule has 2 aromatic carbocycles. The zero-order valence-electron chi connectivity index (χ0n) is 19.5. The summed E-state index contributed by atoms with van der Waals surface area (Å²) in [6.07, 6.45) is 0.846. The molecular weight excluding hydrogens is 458 g/mol. The van der Waals surface area contributed by atoms with Gasteiger partial charge in [-0.25, -0.2) is 13.2 Å². The number of carbonyl (C=O) groups excluding carboxylic acids is 3. The molecule has 34 heavy (non-hydrogen) atoms. The predicted octanol–water partition coefficient (Wildman–Crippen LogP) is 1.72. The van der Waals surface area contributed by atoms with Crippen LogP contribution in [0.3, 0.4) is 0 Å². The molecule has 1 heterocycles. The van der Waals surface area contributed by atoms with Crippen LogP contribution in [0.5, 0.6) is 0 Å². The van der Waals surface area contributed by atoms with Crippen LogP contribution in [0.2, 0.25) is 0 Å². The first kappa shape index (κ1) is 25.6. The average Bonchev–Trinajstić information content (AvgIpc) is 3.21. The third-order valence-corrected chi connectivity index (χ3v) is 7.31. The molecule has 184 valence electrons. The van der Waals surface area contributed by atoms with E-state index >= 15 is 0 Å². The highest BCUT2D eigenvalue weighted by Gasteiger charge is 2.34. The predicted molar refractivity (Wildman–Crippen MR) is 127 cm³/mol. The second kappa shape index (κ2) is 11.0. The van der Waals surface area contributed by atoms with Crippen molar-refractivity contribution in [1.82, 2.24) is 15.4 Å². The van der Waals surface area contributed by atoms with Gasteiger partial charge in [-0.1, -0.05) is 44.2 Å². The van der Waals surface area contributed by atoms with Crippen LogP contribution < -0.4 is 15.4 Å². The number of hydrogen-bond acceptors (Lipinski definition) is 6. The normalized spacial score (nSPS) is 17.9. The van der Waals surface area contributed by atoms with Crippen LogP contribution in [-0.2, 0) is 29.1 Å². The molecule has 9 nitrogen and oxygen atoms in total. The molecule has 1 aliphatic rings. The number of nitrogens with one attached hydrogen (secondary N) is 3. The van der Waals surface area contributed by atoms with E-state index in [0.717, 1.165) is 10.8 Å². The van der Waals surface area contributed by atoms with Crippen LogP contribution in [0.4, 0.5) is 0 Å². The molecule has 0 aliphatic carbocycles. The van der Waals surface area contributed by atoms with Gasteiger partial charge in [0, 0.05) is 12.5 Å². The molecule has 0 saturated carbocycles. The summed E-state index contributed by atoms with van der Waals surface area (Å²) >= 11 is 0. The molecule has 0 aromatic heterocycles. The molecule has 0 bridgehead atoms. The van der Waals surface area contributed by atoms with E-state index in [1.54, 1.807) is 12.1 Å². The van der Waals surface area contributed by atoms with Crippen LogP contribution in [0, 0.1) is 11.8 Å². The van der Waals surface area contributed by atoms with E-state index in [4.69, 9.17) is 4.74 Å². The summed E-state index contributed by atoms with van der Waals surface area (Å²) in [4.78, 5) is 37.4. The lowest BCUT2D eigenvalue weighted by atomic mass is 9.97. The quantitative estimate of drug-likeness (QED) is 0.436. The van der Waals surface area contributed by atoms with Crippen molar-refractivity contribution >= 4 is 38.6 Å². The van der Waals surface area contributed by atoms with Crippen LogP contribution in [0.25, 0.3) is 10.8 Å². The van der Waals surface area contributed by atoms with Gasteiger partial charge in [0.25, 0.3) is 0 Å². The maximum atomic E-state index is 13.1. The van der Waals surface area contributed by atoms with E-state index in [1.165, 1.54) is 13.2 Å². The lowest BCUT2D eigenvalue weighted by Gasteiger charge is -2.24. The maximum absolute atomic E-state index is 13.1. The monoisotopic (exact) mass is 489 g/mol. The number of amides is 2. The Balaban J connectivity index is 1.80. The van der Waals surface area contributed by atoms with Gasteiger partial charge in [-0.3, -0.25) is 9.59 Å². The molecule has 0 spiro atoms. The minimum atomic E-state index is -4.03. The summed E-state index contributed by atoms with van der Waals surface area (Å²) in [5.41, 5.74) is 0. The minimum Gasteiger partial charge on any atom is -0.467 e. The van der Waals surface area contributed by atoms with Crippen molar-refractivity contribution in [3.05, 3.63) is 42.5 Å². The highest BCUT2D eigenvalue weighted by atomic mass is 32.2. The van der Waals surface area contributed by atoms with Gasteiger partial charge in [0.15, 0.2) is 0 Å². The maximum Gasteiger partial charge on any atom is 0.328 e. The van der Waals surface area contributed by atoms with Crippen molar-refractivity contribution in [3.8, 4) is 0 Å². The molecule has 3 N–H and O–H groups in total. The first-order valence-corrected chi connectivity index (χ1v) is 12.8. The molecule has 1 fully saturated rings. The second-order valence-corrected chi connectivity index (χ2v) is 10.6. The zero-order valence-corrected chi connectivity index (χ0v) is 20.4. The van der Waals surface area contributed by atoms with Crippen LogP contribution >= 0.6 is 0 Å². The summed E-state index contributed by atoms with van der Waals surface area (Å²) in [5, 5.41) is 6.96. The smallest absolute Gasteiger partial charge is 0.328 e. The first-order valence-electron chi connectivity index (χ1n) is 11.3. The van der Waals surface area contributed by atoms with Gasteiger partial charge in [-0.2, -0.15) is 4.72 Å². The molecule has 0 radical (unpaired) electrons. The number of rotatable bonds is 10. The SMILES string of the molecule is COC(=O)[C@H](C[C@@H]1CCNC1=O)NC(=O)[C@H](CC(C)C)NS(=O)(=O)c1ccc2ccccc2c1. The zero-order chi connectivity index (χ0) is 24.9. The Morgan fingerprint density at radius 2 is 1.82 bits per heavy atom. The van der Waals surface area contributed by atoms with E-state index < -0.39 is 39.9 Å². The van der Waals surface area contributed by atoms with Crippen molar-refractivity contribution in [3.63, 3.8) is 0 Å². The summed E-state index contributed by atoms with van der Waals surface area (Å²) in [6, 6.07) is 9.96. The van der Waals surface area contributed by atoms with Gasteiger partial charge in [-0.15, -0.1) is 0 Å². The fourth-order valence-corrected chi connectivity index (χ4v) is 5.30. The van der Waals surface area contributed by atoms with Gasteiger partial charge in [0.2, 0.25) is 21.8 Å². The molecule has 0 unspecified atom stereocenters. The third-order valence-electron chi connectivity index (χ3n) is 5.84. The molecule has 3 atom stereocenters. The Labute approximate surface area is 199 Å². The molecule has 1 saturated heterocycles. The Hall–Kier alpha value is -2.98. The largest absolute Gasteiger partial charge is 0.467 e. The highest BCUT2D eigenvalue weighted by molar-refractivity contribution is 7.89. The van der Waals surface area contributed by atoms with E-state index in [-0.39, 0.29) is 29.6 Å². The molecule has 1 aliphatic heterocycles. The number of methoxy groups -OCH3 is 1. The van der Waals surface area contributed by atoms with E-state index in [9.17, 15) is 22.8 Å². The summed E-state index contributed by atoms with van der Waals surface area (Å²) < 4.78 is 33.6. The molecule has 3 rings (SSSR count). The summed E-state index contributed by atoms with van der Waals surface area (Å²) in [6.45, 7) is 4.24. The van der Waals surface area contributed by atoms with Crippen LogP contribution in [-0.4, -0.2) is 51.9 Å². The van der Waals surface area contributed by atoms with Crippen LogP contribution in [0.15, 0.2) is 47.4 Å². The van der Waals surface area contributed by atoms with Crippen molar-refractivity contribution < 1.29 is 27.5 Å². The molecule has 10 heteroatoms. The first-order chi connectivity index (χ1) is 16.1. The lowest BCUT2D eigenvalue weighted by Crippen LogP contribution is -2.52. The minimum absolute atomic E-state index is 0.00719. The van der Waals surface area contributed by atoms with E-state index in [1.807, 2.05) is 38.1 Å². The van der Waals surface area contributed by atoms with E-state index in [2.05, 4.69) is 15.4 Å². The summed E-state index contributed by atoms with van der Waals surface area (Å²) in [7, 11) is -2.83. The van der Waals surface area contributed by atoms with E-state index in [0.29, 0.717) is 13.0 Å². The van der Waals surface area contributed by atoms with Crippen LogP contribution in [0.1, 0.15) is 33.1 Å². The molecule has 2 amide bonds. The standard InChI is InChI=1S/C24H31N3O6S/c1-15(2)12-20(23(29)26-21(24(30)33-3)14-18-10-11-25-22(18)28)27-34(31,32)19-9-8-16-6-4-5-7-17(16)13-19/h4-9,13,15,18,20-21,27H,10-12,14H2,1-3H3,(H,25,28)(H,26,29)/t18-,20-,21-/m0/s1. The molecular formula is C24H31N3O6S. The van der Waals surface area contributed by atoms with Gasteiger partial charge in [0.1, 0.15) is 12.1 Å². The van der Waals surface area contributed by atoms with Gasteiger partial charge < -0.3 is 15.4 Å². The van der Waals surface area contributed by atoms with Crippen molar-refractivity contribution in [1.29, 1.82) is 0 Å². The number of esters is 1.